The quantitative estimate of drug-likeness (QED) is 0.325. The predicted molar refractivity (Wildman–Crippen MR) is 155 cm³/mol. The Morgan fingerprint density at radius 2 is 1.85 bits per heavy atom. The fourth-order valence-electron chi connectivity index (χ4n) is 6.27. The van der Waals surface area contributed by atoms with E-state index in [1.54, 1.807) is 6.07 Å². The molecule has 2 saturated heterocycles. The third kappa shape index (κ3) is 7.91. The number of ether oxygens (including phenoxy) is 2. The molecule has 11 nitrogen and oxygen atoms in total. The standard InChI is InChI=1S/C29H46N4O7S/c1-5-6-12-30(13-7-16-33(2,3)4)27(34)20-31-19-23(22-9-10-25-26(18-22)40-21-39-25)28(29(35)36)24(31)11-15-32-14-8-17-41(32,37)38/h9-10,18,23-24,28H,5-8,11-17,19-21H2,1-4H3/p+1/t23-,24+,28?/m1/s1. The molecule has 0 aromatic heterocycles. The number of unbranched alkanes of at least 4 members (excludes halogenated alkanes) is 1. The van der Waals surface area contributed by atoms with Crippen LogP contribution in [-0.2, 0) is 19.6 Å². The van der Waals surface area contributed by atoms with Gasteiger partial charge < -0.3 is 24.0 Å². The minimum Gasteiger partial charge on any atom is -0.481 e. The number of likely N-dealkylation sites (tertiary alicyclic amines) is 1. The fourth-order valence-corrected chi connectivity index (χ4v) is 7.82. The summed E-state index contributed by atoms with van der Waals surface area (Å²) in [6.45, 7) is 5.70. The molecular formula is C29H47N4O7S+. The summed E-state index contributed by atoms with van der Waals surface area (Å²) in [7, 11) is 3.09. The number of hydrogen-bond donors (Lipinski definition) is 1. The number of rotatable bonds is 14. The molecule has 0 aliphatic carbocycles. The lowest BCUT2D eigenvalue weighted by Gasteiger charge is -2.31. The van der Waals surface area contributed by atoms with Gasteiger partial charge in [-0.2, -0.15) is 0 Å². The summed E-state index contributed by atoms with van der Waals surface area (Å²) in [6, 6.07) is 5.03. The first kappa shape index (κ1) is 31.5. The van der Waals surface area contributed by atoms with Crippen LogP contribution in [0.5, 0.6) is 11.5 Å². The lowest BCUT2D eigenvalue weighted by Crippen LogP contribution is -2.46. The number of carbonyl (C=O) groups is 2. The highest BCUT2D eigenvalue weighted by Gasteiger charge is 2.48. The first-order chi connectivity index (χ1) is 19.4. The van der Waals surface area contributed by atoms with Crippen molar-refractivity contribution in [2.45, 2.75) is 51.0 Å². The maximum atomic E-state index is 13.7. The third-order valence-corrected chi connectivity index (χ3v) is 10.4. The summed E-state index contributed by atoms with van der Waals surface area (Å²) < 4.78 is 38.3. The van der Waals surface area contributed by atoms with Crippen molar-refractivity contribution in [2.75, 3.05) is 79.5 Å². The maximum Gasteiger partial charge on any atom is 0.308 e. The number of quaternary nitrogens is 1. The second kappa shape index (κ2) is 13.3. The molecule has 0 spiro atoms. The average molecular weight is 596 g/mol. The zero-order chi connectivity index (χ0) is 29.8. The van der Waals surface area contributed by atoms with E-state index in [1.165, 1.54) is 4.31 Å². The van der Waals surface area contributed by atoms with Crippen molar-refractivity contribution in [1.82, 2.24) is 14.1 Å². The van der Waals surface area contributed by atoms with Crippen molar-refractivity contribution in [2.24, 2.45) is 5.92 Å². The molecule has 0 bridgehead atoms. The van der Waals surface area contributed by atoms with Crippen LogP contribution in [0.25, 0.3) is 0 Å². The Balaban J connectivity index is 1.57. The second-order valence-corrected chi connectivity index (χ2v) is 14.6. The number of benzene rings is 1. The van der Waals surface area contributed by atoms with Gasteiger partial charge in [-0.3, -0.25) is 14.5 Å². The summed E-state index contributed by atoms with van der Waals surface area (Å²) in [5.74, 6) is -0.780. The van der Waals surface area contributed by atoms with E-state index < -0.39 is 28.0 Å². The molecule has 3 heterocycles. The molecule has 1 N–H and O–H groups in total. The smallest absolute Gasteiger partial charge is 0.308 e. The number of fused-ring (bicyclic) bond motifs is 1. The highest BCUT2D eigenvalue weighted by Crippen LogP contribution is 2.43. The van der Waals surface area contributed by atoms with Gasteiger partial charge in [-0.05, 0) is 37.0 Å². The number of carboxylic acid groups (broad SMARTS) is 1. The molecule has 3 aliphatic rings. The summed E-state index contributed by atoms with van der Waals surface area (Å²) in [4.78, 5) is 30.4. The van der Waals surface area contributed by atoms with Gasteiger partial charge in [0.2, 0.25) is 22.7 Å². The van der Waals surface area contributed by atoms with E-state index in [0.717, 1.165) is 35.9 Å². The first-order valence-electron chi connectivity index (χ1n) is 14.8. The maximum absolute atomic E-state index is 13.7. The van der Waals surface area contributed by atoms with Crippen LogP contribution in [0.3, 0.4) is 0 Å². The van der Waals surface area contributed by atoms with Crippen molar-refractivity contribution in [3.05, 3.63) is 23.8 Å². The van der Waals surface area contributed by atoms with Crippen molar-refractivity contribution >= 4 is 21.9 Å². The topological polar surface area (TPSA) is 117 Å². The average Bonchev–Trinajstić information content (AvgIpc) is 3.60. The first-order valence-corrected chi connectivity index (χ1v) is 16.4. The minimum atomic E-state index is -3.32. The monoisotopic (exact) mass is 595 g/mol. The molecule has 12 heteroatoms. The molecule has 1 unspecified atom stereocenters. The highest BCUT2D eigenvalue weighted by molar-refractivity contribution is 7.89. The van der Waals surface area contributed by atoms with E-state index in [1.807, 2.05) is 21.9 Å². The molecular weight excluding hydrogens is 548 g/mol. The molecule has 0 radical (unpaired) electrons. The highest BCUT2D eigenvalue weighted by atomic mass is 32.2. The van der Waals surface area contributed by atoms with Crippen molar-refractivity contribution in [3.63, 3.8) is 0 Å². The molecule has 3 aliphatic heterocycles. The van der Waals surface area contributed by atoms with Gasteiger partial charge in [0.1, 0.15) is 0 Å². The number of nitrogens with zero attached hydrogens (tertiary/aromatic N) is 4. The number of amides is 1. The summed E-state index contributed by atoms with van der Waals surface area (Å²) in [6.07, 6.45) is 3.69. The SMILES string of the molecule is CCCCN(CCC[N+](C)(C)C)C(=O)CN1C[C@H](c2ccc3c(c2)OCO3)C(C(=O)O)[C@@H]1CCN1CCCS1(=O)=O. The van der Waals surface area contributed by atoms with Crippen molar-refractivity contribution in [1.29, 1.82) is 0 Å². The van der Waals surface area contributed by atoms with Crippen LogP contribution in [0.1, 0.15) is 50.5 Å². The van der Waals surface area contributed by atoms with Crippen LogP contribution in [-0.4, -0.2) is 130 Å². The van der Waals surface area contributed by atoms with Crippen LogP contribution in [0.2, 0.25) is 0 Å². The van der Waals surface area contributed by atoms with Gasteiger partial charge in [-0.1, -0.05) is 19.4 Å². The summed E-state index contributed by atoms with van der Waals surface area (Å²) in [5.41, 5.74) is 0.821. The zero-order valence-electron chi connectivity index (χ0n) is 25.0. The van der Waals surface area contributed by atoms with Gasteiger partial charge in [0.25, 0.3) is 0 Å². The van der Waals surface area contributed by atoms with Gasteiger partial charge in [0, 0.05) is 51.1 Å². The molecule has 230 valence electrons. The summed E-state index contributed by atoms with van der Waals surface area (Å²) >= 11 is 0. The number of hydrogen-bond acceptors (Lipinski definition) is 7. The molecule has 41 heavy (non-hydrogen) atoms. The van der Waals surface area contributed by atoms with E-state index in [4.69, 9.17) is 9.47 Å². The van der Waals surface area contributed by atoms with Gasteiger partial charge >= 0.3 is 5.97 Å². The van der Waals surface area contributed by atoms with E-state index in [9.17, 15) is 23.1 Å². The van der Waals surface area contributed by atoms with E-state index in [-0.39, 0.29) is 37.5 Å². The number of carbonyl (C=O) groups excluding carboxylic acids is 1. The van der Waals surface area contributed by atoms with E-state index in [0.29, 0.717) is 50.5 Å². The van der Waals surface area contributed by atoms with Gasteiger partial charge in [0.15, 0.2) is 11.5 Å². The molecule has 1 aromatic carbocycles. The third-order valence-electron chi connectivity index (χ3n) is 8.47. The molecule has 2 fully saturated rings. The van der Waals surface area contributed by atoms with Crippen LogP contribution in [0.4, 0.5) is 0 Å². The second-order valence-electron chi connectivity index (χ2n) is 12.5. The van der Waals surface area contributed by atoms with Crippen LogP contribution in [0.15, 0.2) is 18.2 Å². The normalized spacial score (nSPS) is 24.1. The number of sulfonamides is 1. The van der Waals surface area contributed by atoms with Crippen LogP contribution in [0, 0.1) is 5.92 Å². The Labute approximate surface area is 244 Å². The number of aliphatic carboxylic acids is 1. The van der Waals surface area contributed by atoms with E-state index >= 15 is 0 Å². The van der Waals surface area contributed by atoms with Crippen molar-refractivity contribution in [3.8, 4) is 11.5 Å². The van der Waals surface area contributed by atoms with Crippen molar-refractivity contribution < 1.29 is 37.1 Å². The predicted octanol–water partition coefficient (Wildman–Crippen LogP) is 2.03. The molecule has 1 amide bonds. The van der Waals surface area contributed by atoms with Gasteiger partial charge in [-0.25, -0.2) is 12.7 Å². The Kier molecular flexibility index (Phi) is 10.2. The van der Waals surface area contributed by atoms with Crippen LogP contribution < -0.4 is 9.47 Å². The Morgan fingerprint density at radius 1 is 1.12 bits per heavy atom. The molecule has 1 aromatic rings. The fraction of sp³-hybridized carbons (Fsp3) is 0.724. The Hall–Kier alpha value is -2.41. The summed E-state index contributed by atoms with van der Waals surface area (Å²) in [5, 5.41) is 10.5. The lowest BCUT2D eigenvalue weighted by atomic mass is 9.84. The zero-order valence-corrected chi connectivity index (χ0v) is 25.8. The molecule has 0 saturated carbocycles. The molecule has 3 atom stereocenters. The van der Waals surface area contributed by atoms with E-state index in [2.05, 4.69) is 28.1 Å². The minimum absolute atomic E-state index is 0.00544. The lowest BCUT2D eigenvalue weighted by molar-refractivity contribution is -0.870. The number of carboxylic acids is 1. The van der Waals surface area contributed by atoms with Crippen LogP contribution >= 0.6 is 0 Å². The Bertz CT molecular complexity index is 1190. The van der Waals surface area contributed by atoms with Gasteiger partial charge in [-0.15, -0.1) is 0 Å². The Morgan fingerprint density at radius 3 is 2.51 bits per heavy atom. The largest absolute Gasteiger partial charge is 0.481 e. The molecule has 4 rings (SSSR count). The van der Waals surface area contributed by atoms with Gasteiger partial charge in [0.05, 0.1) is 45.9 Å².